The Kier molecular flexibility index (Phi) is 5.58. The maximum Gasteiger partial charge on any atom is 0.317 e. The standard InChI is InChI=1S/C19H26N4O2/c1-22-13-17(12-21-22)11-16-8-10-23(14-16)19(25)20-9-2-3-15-4-6-18(24)7-5-15/h4-7,12-13,16,24H,2-3,8-11,14H2,1H3,(H,20,25)/t16-/m1/s1. The van der Waals surface area contributed by atoms with Crippen LogP contribution in [0.2, 0.25) is 0 Å². The van der Waals surface area contributed by atoms with E-state index < -0.39 is 0 Å². The number of aryl methyl sites for hydroxylation is 2. The summed E-state index contributed by atoms with van der Waals surface area (Å²) in [6.45, 7) is 2.32. The number of hydrogen-bond donors (Lipinski definition) is 2. The highest BCUT2D eigenvalue weighted by atomic mass is 16.3. The van der Waals surface area contributed by atoms with Gasteiger partial charge in [0, 0.05) is 32.9 Å². The molecule has 2 N–H and O–H groups in total. The van der Waals surface area contributed by atoms with E-state index in [2.05, 4.69) is 10.4 Å². The summed E-state index contributed by atoms with van der Waals surface area (Å²) in [4.78, 5) is 14.2. The molecule has 134 valence electrons. The molecule has 0 unspecified atom stereocenters. The van der Waals surface area contributed by atoms with Crippen molar-refractivity contribution in [2.45, 2.75) is 25.7 Å². The molecule has 0 aliphatic carbocycles. The number of aromatic nitrogens is 2. The number of nitrogens with one attached hydrogen (secondary N) is 1. The van der Waals surface area contributed by atoms with E-state index in [-0.39, 0.29) is 11.8 Å². The fraction of sp³-hybridized carbons (Fsp3) is 0.474. The second kappa shape index (κ2) is 8.05. The summed E-state index contributed by atoms with van der Waals surface area (Å²) in [6.07, 6.45) is 7.78. The van der Waals surface area contributed by atoms with Crippen LogP contribution in [-0.4, -0.2) is 45.5 Å². The molecule has 2 amide bonds. The lowest BCUT2D eigenvalue weighted by molar-refractivity contribution is 0.207. The molecule has 0 radical (unpaired) electrons. The van der Waals surface area contributed by atoms with E-state index in [1.165, 1.54) is 11.1 Å². The number of urea groups is 1. The van der Waals surface area contributed by atoms with Gasteiger partial charge in [-0.25, -0.2) is 4.79 Å². The summed E-state index contributed by atoms with van der Waals surface area (Å²) in [5.41, 5.74) is 2.41. The number of carbonyl (C=O) groups excluding carboxylic acids is 1. The molecule has 1 atom stereocenters. The molecule has 6 nitrogen and oxygen atoms in total. The van der Waals surface area contributed by atoms with E-state index in [1.807, 2.05) is 41.2 Å². The second-order valence-corrected chi connectivity index (χ2v) is 6.83. The first-order valence-corrected chi connectivity index (χ1v) is 8.88. The maximum atomic E-state index is 12.3. The zero-order valence-electron chi connectivity index (χ0n) is 14.7. The molecule has 1 fully saturated rings. The first-order valence-electron chi connectivity index (χ1n) is 8.88. The summed E-state index contributed by atoms with van der Waals surface area (Å²) in [6, 6.07) is 7.27. The average Bonchev–Trinajstić information content (AvgIpc) is 3.22. The number of nitrogens with zero attached hydrogens (tertiary/aromatic N) is 3. The zero-order valence-corrected chi connectivity index (χ0v) is 14.7. The van der Waals surface area contributed by atoms with E-state index in [1.54, 1.807) is 12.1 Å². The quantitative estimate of drug-likeness (QED) is 0.792. The number of likely N-dealkylation sites (tertiary alicyclic amines) is 1. The number of aromatic hydroxyl groups is 1. The van der Waals surface area contributed by atoms with E-state index in [0.29, 0.717) is 12.5 Å². The number of amides is 2. The Labute approximate surface area is 148 Å². The Hall–Kier alpha value is -2.50. The van der Waals surface area contributed by atoms with E-state index >= 15 is 0 Å². The van der Waals surface area contributed by atoms with Crippen molar-refractivity contribution in [3.05, 3.63) is 47.8 Å². The molecule has 1 saturated heterocycles. The van der Waals surface area contributed by atoms with Crippen molar-refractivity contribution in [1.29, 1.82) is 0 Å². The van der Waals surface area contributed by atoms with Gasteiger partial charge in [0.25, 0.3) is 0 Å². The molecule has 1 aliphatic heterocycles. The minimum atomic E-state index is 0.0411. The summed E-state index contributed by atoms with van der Waals surface area (Å²) in [5.74, 6) is 0.805. The predicted molar refractivity (Wildman–Crippen MR) is 96.4 cm³/mol. The van der Waals surface area contributed by atoms with Crippen molar-refractivity contribution in [1.82, 2.24) is 20.0 Å². The Morgan fingerprint density at radius 3 is 2.84 bits per heavy atom. The molecule has 0 spiro atoms. The monoisotopic (exact) mass is 342 g/mol. The van der Waals surface area contributed by atoms with Gasteiger partial charge in [-0.2, -0.15) is 5.10 Å². The van der Waals surface area contributed by atoms with Crippen LogP contribution >= 0.6 is 0 Å². The number of phenolic OH excluding ortho intramolecular Hbond substituents is 1. The Morgan fingerprint density at radius 1 is 1.32 bits per heavy atom. The molecule has 1 aromatic heterocycles. The zero-order chi connectivity index (χ0) is 17.6. The number of rotatable bonds is 6. The third-order valence-corrected chi connectivity index (χ3v) is 4.71. The van der Waals surface area contributed by atoms with Crippen molar-refractivity contribution < 1.29 is 9.90 Å². The van der Waals surface area contributed by atoms with Gasteiger partial charge in [-0.3, -0.25) is 4.68 Å². The summed E-state index contributed by atoms with van der Waals surface area (Å²) < 4.78 is 1.82. The van der Waals surface area contributed by atoms with Crippen molar-refractivity contribution >= 4 is 6.03 Å². The fourth-order valence-corrected chi connectivity index (χ4v) is 3.36. The van der Waals surface area contributed by atoms with Gasteiger partial charge in [0.05, 0.1) is 6.20 Å². The van der Waals surface area contributed by atoms with Crippen LogP contribution in [0.3, 0.4) is 0 Å². The Bertz CT molecular complexity index is 696. The number of hydrogen-bond acceptors (Lipinski definition) is 3. The van der Waals surface area contributed by atoms with Crippen LogP contribution in [0.15, 0.2) is 36.7 Å². The predicted octanol–water partition coefficient (Wildman–Crippen LogP) is 2.33. The molecule has 0 bridgehead atoms. The fourth-order valence-electron chi connectivity index (χ4n) is 3.36. The first-order chi connectivity index (χ1) is 12.1. The van der Waals surface area contributed by atoms with Crippen LogP contribution < -0.4 is 5.32 Å². The van der Waals surface area contributed by atoms with Crippen molar-refractivity contribution in [2.75, 3.05) is 19.6 Å². The minimum Gasteiger partial charge on any atom is -0.508 e. The highest BCUT2D eigenvalue weighted by Gasteiger charge is 2.26. The third-order valence-electron chi connectivity index (χ3n) is 4.71. The molecule has 25 heavy (non-hydrogen) atoms. The van der Waals surface area contributed by atoms with E-state index in [0.717, 1.165) is 38.8 Å². The third kappa shape index (κ3) is 4.98. The number of benzene rings is 1. The van der Waals surface area contributed by atoms with E-state index in [9.17, 15) is 9.90 Å². The normalized spacial score (nSPS) is 17.0. The highest BCUT2D eigenvalue weighted by molar-refractivity contribution is 5.74. The molecule has 0 saturated carbocycles. The van der Waals surface area contributed by atoms with Crippen LogP contribution in [0.25, 0.3) is 0 Å². The summed E-state index contributed by atoms with van der Waals surface area (Å²) in [5, 5.41) is 16.5. The van der Waals surface area contributed by atoms with Gasteiger partial charge in [0.2, 0.25) is 0 Å². The average molecular weight is 342 g/mol. The van der Waals surface area contributed by atoms with Gasteiger partial charge in [0.1, 0.15) is 5.75 Å². The number of phenols is 1. The van der Waals surface area contributed by atoms with Gasteiger partial charge in [-0.15, -0.1) is 0 Å². The van der Waals surface area contributed by atoms with Crippen LogP contribution in [0.5, 0.6) is 5.75 Å². The highest BCUT2D eigenvalue weighted by Crippen LogP contribution is 2.20. The Balaban J connectivity index is 1.35. The van der Waals surface area contributed by atoms with Gasteiger partial charge < -0.3 is 15.3 Å². The van der Waals surface area contributed by atoms with Gasteiger partial charge in [0.15, 0.2) is 0 Å². The van der Waals surface area contributed by atoms with Gasteiger partial charge in [-0.1, -0.05) is 12.1 Å². The maximum absolute atomic E-state index is 12.3. The SMILES string of the molecule is Cn1cc(C[C@H]2CCN(C(=O)NCCCc3ccc(O)cc3)C2)cn1. The molecular formula is C19H26N4O2. The Morgan fingerprint density at radius 2 is 2.12 bits per heavy atom. The molecule has 2 aromatic rings. The van der Waals surface area contributed by atoms with Crippen LogP contribution in [0.4, 0.5) is 4.79 Å². The molecule has 2 heterocycles. The molecule has 3 rings (SSSR count). The molecular weight excluding hydrogens is 316 g/mol. The molecule has 1 aromatic carbocycles. The second-order valence-electron chi connectivity index (χ2n) is 6.83. The van der Waals surface area contributed by atoms with Crippen molar-refractivity contribution in [2.24, 2.45) is 13.0 Å². The molecule has 1 aliphatic rings. The lowest BCUT2D eigenvalue weighted by atomic mass is 10.0. The minimum absolute atomic E-state index is 0.0411. The van der Waals surface area contributed by atoms with Crippen LogP contribution in [0, 0.1) is 5.92 Å². The van der Waals surface area contributed by atoms with Gasteiger partial charge in [-0.05, 0) is 54.9 Å². The van der Waals surface area contributed by atoms with Crippen LogP contribution in [0.1, 0.15) is 24.0 Å². The largest absolute Gasteiger partial charge is 0.508 e. The van der Waals surface area contributed by atoms with Crippen molar-refractivity contribution in [3.63, 3.8) is 0 Å². The lowest BCUT2D eigenvalue weighted by Gasteiger charge is -2.17. The number of carbonyl (C=O) groups is 1. The topological polar surface area (TPSA) is 70.4 Å². The van der Waals surface area contributed by atoms with E-state index in [4.69, 9.17) is 0 Å². The summed E-state index contributed by atoms with van der Waals surface area (Å²) in [7, 11) is 1.93. The first kappa shape index (κ1) is 17.3. The molecule has 6 heteroatoms. The smallest absolute Gasteiger partial charge is 0.317 e. The van der Waals surface area contributed by atoms with Crippen LogP contribution in [-0.2, 0) is 19.9 Å². The lowest BCUT2D eigenvalue weighted by Crippen LogP contribution is -2.39. The van der Waals surface area contributed by atoms with Gasteiger partial charge >= 0.3 is 6.03 Å². The summed E-state index contributed by atoms with van der Waals surface area (Å²) >= 11 is 0. The van der Waals surface area contributed by atoms with Crippen molar-refractivity contribution in [3.8, 4) is 5.75 Å².